The smallest absolute Gasteiger partial charge is 0.362 e. The van der Waals surface area contributed by atoms with Gasteiger partial charge in [-0.3, -0.25) is 9.59 Å². The zero-order valence-electron chi connectivity index (χ0n) is 36.6. The second-order valence-electron chi connectivity index (χ2n) is 16.7. The Labute approximate surface area is 339 Å². The van der Waals surface area contributed by atoms with Crippen molar-refractivity contribution < 1.29 is 38.2 Å². The van der Waals surface area contributed by atoms with E-state index in [2.05, 4.69) is 38.2 Å². The summed E-state index contributed by atoms with van der Waals surface area (Å²) in [6.45, 7) is 4.72. The van der Waals surface area contributed by atoms with Crippen molar-refractivity contribution in [1.29, 1.82) is 0 Å². The lowest BCUT2D eigenvalue weighted by Crippen LogP contribution is -2.50. The van der Waals surface area contributed by atoms with E-state index in [0.717, 1.165) is 57.8 Å². The molecule has 0 radical (unpaired) electrons. The van der Waals surface area contributed by atoms with E-state index in [0.29, 0.717) is 19.3 Å². The molecule has 1 N–H and O–H groups in total. The van der Waals surface area contributed by atoms with Crippen LogP contribution in [-0.2, 0) is 28.6 Å². The van der Waals surface area contributed by atoms with Crippen molar-refractivity contribution in [3.8, 4) is 0 Å². The summed E-state index contributed by atoms with van der Waals surface area (Å²) < 4.78 is 17.3. The van der Waals surface area contributed by atoms with Gasteiger partial charge in [-0.05, 0) is 64.2 Å². The minimum absolute atomic E-state index is 0.0551. The zero-order valence-corrected chi connectivity index (χ0v) is 36.6. The van der Waals surface area contributed by atoms with Crippen LogP contribution >= 0.6 is 0 Å². The lowest BCUT2D eigenvalue weighted by molar-refractivity contribution is -0.887. The van der Waals surface area contributed by atoms with Gasteiger partial charge in [-0.15, -0.1) is 0 Å². The summed E-state index contributed by atoms with van der Waals surface area (Å²) in [6, 6.07) is -0.616. The van der Waals surface area contributed by atoms with Crippen LogP contribution < -0.4 is 0 Å². The molecule has 0 saturated carbocycles. The van der Waals surface area contributed by atoms with E-state index in [1.54, 1.807) is 0 Å². The van der Waals surface area contributed by atoms with Crippen molar-refractivity contribution in [3.63, 3.8) is 0 Å². The van der Waals surface area contributed by atoms with Crippen molar-refractivity contribution >= 4 is 17.9 Å². The van der Waals surface area contributed by atoms with Crippen molar-refractivity contribution in [2.24, 2.45) is 0 Å². The number of ether oxygens (including phenoxy) is 3. The van der Waals surface area contributed by atoms with E-state index in [1.807, 2.05) is 21.1 Å². The van der Waals surface area contributed by atoms with Crippen molar-refractivity contribution in [3.05, 3.63) is 24.3 Å². The molecule has 0 aromatic rings. The molecule has 0 saturated heterocycles. The van der Waals surface area contributed by atoms with Crippen LogP contribution in [0.5, 0.6) is 0 Å². The van der Waals surface area contributed by atoms with Gasteiger partial charge in [0.05, 0.1) is 34.4 Å². The standard InChI is InChI=1S/C47H87NO7/c1-6-8-10-12-14-16-18-20-21-22-23-24-26-27-29-31-33-35-37-45(49)54-42-43(41-53-40-39-44(47(51)52)48(3,4)5)55-46(50)38-36-34-32-30-28-25-19-17-15-13-11-9-7-2/h23-25,28,43-44H,6-22,26-27,29-42H2,1-5H3/p+1/b24-23+,28-25+. The predicted octanol–water partition coefficient (Wildman–Crippen LogP) is 12.5. The molecule has 0 aromatic heterocycles. The maximum Gasteiger partial charge on any atom is 0.362 e. The number of carboxylic acids is 1. The Morgan fingerprint density at radius 1 is 0.527 bits per heavy atom. The number of hydrogen-bond donors (Lipinski definition) is 1. The average molecular weight is 779 g/mol. The summed E-state index contributed by atoms with van der Waals surface area (Å²) in [7, 11) is 5.52. The van der Waals surface area contributed by atoms with Crippen LogP contribution in [0.1, 0.15) is 206 Å². The first-order chi connectivity index (χ1) is 26.6. The zero-order chi connectivity index (χ0) is 40.7. The SMILES string of the molecule is CCCCCCCC/C=C/CCCCCC(=O)OC(COCCC(C(=O)O)[N+](C)(C)C)COC(=O)CCCCCCC/C=C/CCCCCCCCCCC. The molecule has 2 atom stereocenters. The van der Waals surface area contributed by atoms with Gasteiger partial charge in [0.2, 0.25) is 0 Å². The number of hydrogen-bond acceptors (Lipinski definition) is 6. The molecule has 0 rings (SSSR count). The predicted molar refractivity (Wildman–Crippen MR) is 229 cm³/mol. The largest absolute Gasteiger partial charge is 0.477 e. The fraction of sp³-hybridized carbons (Fsp3) is 0.851. The first-order valence-electron chi connectivity index (χ1n) is 22.9. The molecule has 0 heterocycles. The Morgan fingerprint density at radius 2 is 0.909 bits per heavy atom. The summed E-state index contributed by atoms with van der Waals surface area (Å²) in [6.07, 6.45) is 42.2. The molecule has 0 aliphatic carbocycles. The van der Waals surface area contributed by atoms with Crippen LogP contribution in [0, 0.1) is 0 Å². The van der Waals surface area contributed by atoms with Gasteiger partial charge in [-0.1, -0.05) is 147 Å². The maximum absolute atomic E-state index is 12.7. The minimum atomic E-state index is -0.877. The molecule has 322 valence electrons. The number of nitrogens with zero attached hydrogens (tertiary/aromatic N) is 1. The number of carboxylic acid groups (broad SMARTS) is 1. The molecule has 0 fully saturated rings. The Bertz CT molecular complexity index is 957. The molecule has 0 bridgehead atoms. The summed E-state index contributed by atoms with van der Waals surface area (Å²) in [5, 5.41) is 9.62. The number of carbonyl (C=O) groups is 3. The average Bonchev–Trinajstić information content (AvgIpc) is 3.14. The van der Waals surface area contributed by atoms with Crippen molar-refractivity contribution in [2.45, 2.75) is 219 Å². The lowest BCUT2D eigenvalue weighted by atomic mass is 10.1. The van der Waals surface area contributed by atoms with E-state index < -0.39 is 18.1 Å². The fourth-order valence-electron chi connectivity index (χ4n) is 6.73. The lowest BCUT2D eigenvalue weighted by Gasteiger charge is -2.31. The number of likely N-dealkylation sites (N-methyl/N-ethyl adjacent to an activating group) is 1. The highest BCUT2D eigenvalue weighted by Gasteiger charge is 2.31. The molecule has 55 heavy (non-hydrogen) atoms. The Kier molecular flexibility index (Phi) is 37.1. The molecular weight excluding hydrogens is 691 g/mol. The Balaban J connectivity index is 4.32. The molecule has 2 unspecified atom stereocenters. The summed E-state index contributed by atoms with van der Waals surface area (Å²) in [5.74, 6) is -1.49. The summed E-state index contributed by atoms with van der Waals surface area (Å²) in [4.78, 5) is 37.0. The Morgan fingerprint density at radius 3 is 1.33 bits per heavy atom. The van der Waals surface area contributed by atoms with Crippen LogP contribution in [0.3, 0.4) is 0 Å². The topological polar surface area (TPSA) is 99.1 Å². The van der Waals surface area contributed by atoms with Gasteiger partial charge in [0.15, 0.2) is 12.1 Å². The van der Waals surface area contributed by atoms with Gasteiger partial charge in [0, 0.05) is 19.3 Å². The number of esters is 2. The number of allylic oxidation sites excluding steroid dienone is 4. The number of quaternary nitrogens is 1. The van der Waals surface area contributed by atoms with Crippen molar-refractivity contribution in [2.75, 3.05) is 41.0 Å². The first kappa shape index (κ1) is 52.8. The molecule has 8 heteroatoms. The van der Waals surface area contributed by atoms with Crippen LogP contribution in [-0.4, -0.2) is 80.6 Å². The first-order valence-corrected chi connectivity index (χ1v) is 22.9. The highest BCUT2D eigenvalue weighted by atomic mass is 16.6. The third kappa shape index (κ3) is 37.2. The van der Waals surface area contributed by atoms with Gasteiger partial charge in [-0.25, -0.2) is 4.79 Å². The highest BCUT2D eigenvalue weighted by Crippen LogP contribution is 2.14. The minimum Gasteiger partial charge on any atom is -0.477 e. The third-order valence-electron chi connectivity index (χ3n) is 10.3. The van der Waals surface area contributed by atoms with Gasteiger partial charge >= 0.3 is 17.9 Å². The van der Waals surface area contributed by atoms with Crippen LogP contribution in [0.2, 0.25) is 0 Å². The van der Waals surface area contributed by atoms with Crippen LogP contribution in [0.4, 0.5) is 0 Å². The molecule has 0 aliphatic heterocycles. The van der Waals surface area contributed by atoms with Crippen LogP contribution in [0.25, 0.3) is 0 Å². The number of aliphatic carboxylic acids is 1. The quantitative estimate of drug-likeness (QED) is 0.0285. The fourth-order valence-corrected chi connectivity index (χ4v) is 6.73. The van der Waals surface area contributed by atoms with Gasteiger partial charge < -0.3 is 23.8 Å². The van der Waals surface area contributed by atoms with E-state index in [4.69, 9.17) is 14.2 Å². The maximum atomic E-state index is 12.7. The molecular formula is C47H88NO7+. The normalized spacial score (nSPS) is 13.1. The summed E-state index contributed by atoms with van der Waals surface area (Å²) >= 11 is 0. The molecule has 0 aliphatic rings. The highest BCUT2D eigenvalue weighted by molar-refractivity contribution is 5.72. The van der Waals surface area contributed by atoms with Crippen LogP contribution in [0.15, 0.2) is 24.3 Å². The molecule has 8 nitrogen and oxygen atoms in total. The Hall–Kier alpha value is -2.19. The second kappa shape index (κ2) is 38.7. The van der Waals surface area contributed by atoms with Gasteiger partial charge in [-0.2, -0.15) is 0 Å². The van der Waals surface area contributed by atoms with Gasteiger partial charge in [0.25, 0.3) is 0 Å². The molecule has 0 aromatic carbocycles. The van der Waals surface area contributed by atoms with Gasteiger partial charge in [0.1, 0.15) is 6.61 Å². The van der Waals surface area contributed by atoms with E-state index >= 15 is 0 Å². The monoisotopic (exact) mass is 779 g/mol. The molecule has 0 amide bonds. The van der Waals surface area contributed by atoms with E-state index in [9.17, 15) is 19.5 Å². The summed E-state index contributed by atoms with van der Waals surface area (Å²) in [5.41, 5.74) is 0. The van der Waals surface area contributed by atoms with E-state index in [1.165, 1.54) is 116 Å². The van der Waals surface area contributed by atoms with E-state index in [-0.39, 0.29) is 36.2 Å². The number of rotatable bonds is 41. The second-order valence-corrected chi connectivity index (χ2v) is 16.7. The molecule has 0 spiro atoms. The number of carbonyl (C=O) groups excluding carboxylic acids is 2. The van der Waals surface area contributed by atoms with Crippen molar-refractivity contribution in [1.82, 2.24) is 0 Å². The third-order valence-corrected chi connectivity index (χ3v) is 10.3. The number of unbranched alkanes of at least 4 members (excludes halogenated alkanes) is 23.